The molecule has 2 nitrogen and oxygen atoms in total. The minimum Gasteiger partial charge on any atom is -0.469 e. The Morgan fingerprint density at radius 1 is 1.42 bits per heavy atom. The zero-order valence-corrected chi connectivity index (χ0v) is 7.50. The Kier molecular flexibility index (Phi) is 3.49. The minimum atomic E-state index is -4.43. The molecule has 0 N–H and O–H groups in total. The van der Waals surface area contributed by atoms with Crippen molar-refractivity contribution in [2.75, 3.05) is 7.11 Å². The highest BCUT2D eigenvalue weighted by Gasteiger charge is 2.55. The van der Waals surface area contributed by atoms with Crippen LogP contribution in [0.5, 0.6) is 0 Å². The van der Waals surface area contributed by atoms with Gasteiger partial charge in [-0.2, -0.15) is 17.6 Å². The lowest BCUT2D eigenvalue weighted by molar-refractivity contribution is -0.173. The van der Waals surface area contributed by atoms with Crippen LogP contribution in [0.1, 0.15) is 6.42 Å². The topological polar surface area (TPSA) is 26.3 Å². The number of hydrogen-bond acceptors (Lipinski definition) is 2. The van der Waals surface area contributed by atoms with Crippen molar-refractivity contribution in [3.8, 4) is 0 Å². The number of carbonyl (C=O) groups is 1. The van der Waals surface area contributed by atoms with E-state index < -0.39 is 23.1 Å². The van der Waals surface area contributed by atoms with Crippen molar-refractivity contribution in [2.24, 2.45) is 0 Å². The summed E-state index contributed by atoms with van der Waals surface area (Å²) >= 11 is 1.47. The Morgan fingerprint density at radius 2 is 1.83 bits per heavy atom. The van der Waals surface area contributed by atoms with Gasteiger partial charge in [0.1, 0.15) is 6.42 Å². The summed E-state index contributed by atoms with van der Waals surface area (Å²) in [6.07, 6.45) is -1.65. The Balaban J connectivity index is 4.33. The molecule has 0 bridgehead atoms. The Morgan fingerprint density at radius 3 is 2.08 bits per heavy atom. The van der Waals surface area contributed by atoms with E-state index >= 15 is 0 Å². The summed E-state index contributed by atoms with van der Waals surface area (Å²) in [5.41, 5.74) is 0. The molecule has 7 heteroatoms. The van der Waals surface area contributed by atoms with Crippen molar-refractivity contribution >= 4 is 21.9 Å². The normalized spacial score (nSPS) is 12.8. The van der Waals surface area contributed by atoms with Crippen LogP contribution in [0.3, 0.4) is 0 Å². The second-order valence-electron chi connectivity index (χ2n) is 1.96. The van der Waals surface area contributed by atoms with E-state index in [0.29, 0.717) is 0 Å². The van der Waals surface area contributed by atoms with Crippen molar-refractivity contribution in [1.82, 2.24) is 0 Å². The van der Waals surface area contributed by atoms with Crippen LogP contribution in [0, 0.1) is 0 Å². The van der Waals surface area contributed by atoms with Gasteiger partial charge in [-0.1, -0.05) is 0 Å². The molecule has 0 unspecified atom stereocenters. The highest BCUT2D eigenvalue weighted by atomic mass is 79.9. The van der Waals surface area contributed by atoms with Crippen molar-refractivity contribution in [2.45, 2.75) is 17.2 Å². The maximum Gasteiger partial charge on any atom is 0.363 e. The highest BCUT2D eigenvalue weighted by Crippen LogP contribution is 2.41. The summed E-state index contributed by atoms with van der Waals surface area (Å²) in [4.78, 5) is 5.82. The third-order valence-corrected chi connectivity index (χ3v) is 1.59. The number of rotatable bonds is 3. The zero-order valence-electron chi connectivity index (χ0n) is 5.91. The number of hydrogen-bond donors (Lipinski definition) is 0. The second-order valence-corrected chi connectivity index (χ2v) is 2.95. The van der Waals surface area contributed by atoms with E-state index in [1.54, 1.807) is 0 Å². The number of carbonyl (C=O) groups excluding carboxylic acids is 1. The molecule has 0 atom stereocenters. The van der Waals surface area contributed by atoms with Crippen LogP contribution in [0.4, 0.5) is 17.6 Å². The fourth-order valence-corrected chi connectivity index (χ4v) is 0.494. The van der Waals surface area contributed by atoms with Gasteiger partial charge in [-0.15, -0.1) is 0 Å². The fraction of sp³-hybridized carbons (Fsp3) is 0.800. The number of esters is 1. The lowest BCUT2D eigenvalue weighted by atomic mass is 10.2. The molecular weight excluding hydrogens is 248 g/mol. The van der Waals surface area contributed by atoms with Crippen LogP contribution in [-0.4, -0.2) is 23.8 Å². The Labute approximate surface area is 74.0 Å². The summed E-state index contributed by atoms with van der Waals surface area (Å²) in [6.45, 7) is 0. The molecule has 0 heterocycles. The van der Waals surface area contributed by atoms with Gasteiger partial charge in [0.05, 0.1) is 7.11 Å². The van der Waals surface area contributed by atoms with Gasteiger partial charge in [0.2, 0.25) is 0 Å². The zero-order chi connectivity index (χ0) is 9.99. The van der Waals surface area contributed by atoms with Crippen LogP contribution in [0.25, 0.3) is 0 Å². The predicted octanol–water partition coefficient (Wildman–Crippen LogP) is 2.17. The first kappa shape index (κ1) is 11.7. The molecule has 0 aromatic rings. The number of alkyl halides is 5. The molecule has 0 aliphatic rings. The smallest absolute Gasteiger partial charge is 0.363 e. The van der Waals surface area contributed by atoms with E-state index in [9.17, 15) is 22.4 Å². The van der Waals surface area contributed by atoms with E-state index in [1.165, 1.54) is 15.9 Å². The molecule has 0 radical (unpaired) electrons. The molecule has 0 saturated heterocycles. The van der Waals surface area contributed by atoms with Gasteiger partial charge in [0.15, 0.2) is 0 Å². The Hall–Kier alpha value is -0.330. The van der Waals surface area contributed by atoms with E-state index in [2.05, 4.69) is 4.74 Å². The van der Waals surface area contributed by atoms with Gasteiger partial charge in [-0.05, 0) is 15.9 Å². The molecule has 12 heavy (non-hydrogen) atoms. The van der Waals surface area contributed by atoms with Crippen molar-refractivity contribution in [3.05, 3.63) is 0 Å². The first-order valence-corrected chi connectivity index (χ1v) is 3.51. The fourth-order valence-electron chi connectivity index (χ4n) is 0.354. The number of halogens is 5. The summed E-state index contributed by atoms with van der Waals surface area (Å²) in [6, 6.07) is 0. The van der Waals surface area contributed by atoms with E-state index in [-0.39, 0.29) is 0 Å². The van der Waals surface area contributed by atoms with Crippen LogP contribution >= 0.6 is 15.9 Å². The summed E-state index contributed by atoms with van der Waals surface area (Å²) in [7, 11) is 0.838. The highest BCUT2D eigenvalue weighted by molar-refractivity contribution is 9.10. The first-order chi connectivity index (χ1) is 5.20. The molecule has 0 aromatic heterocycles. The van der Waals surface area contributed by atoms with Crippen molar-refractivity contribution in [1.29, 1.82) is 0 Å². The van der Waals surface area contributed by atoms with Crippen LogP contribution in [0.2, 0.25) is 0 Å². The minimum absolute atomic E-state index is 0.838. The van der Waals surface area contributed by atoms with E-state index in [1.807, 2.05) is 0 Å². The molecule has 0 fully saturated rings. The molecular formula is C5H5BrF4O2. The molecule has 0 aliphatic carbocycles. The van der Waals surface area contributed by atoms with Gasteiger partial charge < -0.3 is 4.74 Å². The van der Waals surface area contributed by atoms with Gasteiger partial charge in [0.25, 0.3) is 0 Å². The van der Waals surface area contributed by atoms with Gasteiger partial charge in [-0.3, -0.25) is 4.79 Å². The SMILES string of the molecule is COC(=O)CC(F)(F)C(F)(F)Br. The van der Waals surface area contributed by atoms with Crippen LogP contribution in [0.15, 0.2) is 0 Å². The largest absolute Gasteiger partial charge is 0.469 e. The van der Waals surface area contributed by atoms with Crippen molar-refractivity contribution < 1.29 is 27.1 Å². The van der Waals surface area contributed by atoms with E-state index in [0.717, 1.165) is 7.11 Å². The first-order valence-electron chi connectivity index (χ1n) is 2.72. The second kappa shape index (κ2) is 3.59. The molecule has 0 saturated carbocycles. The van der Waals surface area contributed by atoms with Gasteiger partial charge >= 0.3 is 16.7 Å². The monoisotopic (exact) mass is 252 g/mol. The Bertz CT molecular complexity index is 177. The average molecular weight is 253 g/mol. The standard InChI is InChI=1S/C5H5BrF4O2/c1-12-3(11)2-4(7,8)5(6,9)10/h2H2,1H3. The lowest BCUT2D eigenvalue weighted by Gasteiger charge is -2.19. The van der Waals surface area contributed by atoms with Gasteiger partial charge in [-0.25, -0.2) is 0 Å². The predicted molar refractivity (Wildman–Crippen MR) is 35.5 cm³/mol. The molecule has 72 valence electrons. The third-order valence-electron chi connectivity index (χ3n) is 1.01. The molecule has 0 aromatic carbocycles. The summed E-state index contributed by atoms with van der Waals surface area (Å²) in [5.74, 6) is -5.82. The lowest BCUT2D eigenvalue weighted by Crippen LogP contribution is -2.37. The molecule has 0 rings (SSSR count). The van der Waals surface area contributed by atoms with Crippen molar-refractivity contribution in [3.63, 3.8) is 0 Å². The van der Waals surface area contributed by atoms with E-state index in [4.69, 9.17) is 0 Å². The summed E-state index contributed by atoms with van der Waals surface area (Å²) in [5, 5.41) is 0. The molecule has 0 aliphatic heterocycles. The summed E-state index contributed by atoms with van der Waals surface area (Å²) < 4.78 is 52.3. The van der Waals surface area contributed by atoms with Crippen LogP contribution in [-0.2, 0) is 9.53 Å². The molecule has 0 amide bonds. The third kappa shape index (κ3) is 2.96. The maximum absolute atomic E-state index is 12.3. The van der Waals surface area contributed by atoms with Gasteiger partial charge in [0, 0.05) is 0 Å². The maximum atomic E-state index is 12.3. The quantitative estimate of drug-likeness (QED) is 0.437. The molecule has 0 spiro atoms. The van der Waals surface area contributed by atoms with Crippen LogP contribution < -0.4 is 0 Å². The number of ether oxygens (including phenoxy) is 1. The number of methoxy groups -OCH3 is 1. The average Bonchev–Trinajstić information content (AvgIpc) is 1.84.